The predicted molar refractivity (Wildman–Crippen MR) is 111 cm³/mol. The van der Waals surface area contributed by atoms with Crippen molar-refractivity contribution in [2.24, 2.45) is 0 Å². The van der Waals surface area contributed by atoms with E-state index in [9.17, 15) is 9.59 Å². The first-order chi connectivity index (χ1) is 14.1. The monoisotopic (exact) mass is 389 g/mol. The maximum absolute atomic E-state index is 12.4. The molecule has 1 atom stereocenters. The Balaban J connectivity index is 1.53. The predicted octanol–water partition coefficient (Wildman–Crippen LogP) is 3.56. The van der Waals surface area contributed by atoms with Crippen molar-refractivity contribution in [1.82, 2.24) is 10.3 Å². The number of anilines is 1. The van der Waals surface area contributed by atoms with Crippen molar-refractivity contribution in [2.75, 3.05) is 5.32 Å². The third kappa shape index (κ3) is 6.26. The minimum atomic E-state index is -0.628. The van der Waals surface area contributed by atoms with Crippen LogP contribution < -0.4 is 10.6 Å². The van der Waals surface area contributed by atoms with E-state index in [1.165, 1.54) is 0 Å². The molecule has 2 aromatic carbocycles. The van der Waals surface area contributed by atoms with Gasteiger partial charge in [0.1, 0.15) is 6.10 Å². The summed E-state index contributed by atoms with van der Waals surface area (Å²) in [4.78, 5) is 28.9. The average molecular weight is 389 g/mol. The number of carbonyl (C=O) groups is 2. The number of pyridine rings is 1. The Hall–Kier alpha value is -3.51. The summed E-state index contributed by atoms with van der Waals surface area (Å²) in [6, 6.07) is 22.0. The van der Waals surface area contributed by atoms with Crippen molar-refractivity contribution in [1.29, 1.82) is 0 Å². The number of carbonyl (C=O) groups excluding carboxylic acids is 2. The van der Waals surface area contributed by atoms with Gasteiger partial charge in [-0.2, -0.15) is 0 Å². The lowest BCUT2D eigenvalue weighted by atomic mass is 10.2. The fraction of sp³-hybridized carbons (Fsp3) is 0.174. The SMILES string of the molecule is CC(OCc1ccccc1)C(=O)Nc1cccc(C(=O)NCc2ccccn2)c1. The Kier molecular flexibility index (Phi) is 7.08. The van der Waals surface area contributed by atoms with Crippen molar-refractivity contribution in [3.05, 3.63) is 95.8 Å². The topological polar surface area (TPSA) is 80.3 Å². The number of benzene rings is 2. The highest BCUT2D eigenvalue weighted by Crippen LogP contribution is 2.12. The molecular formula is C23H23N3O3. The van der Waals surface area contributed by atoms with Crippen LogP contribution >= 0.6 is 0 Å². The molecule has 3 rings (SSSR count). The Morgan fingerprint density at radius 3 is 2.55 bits per heavy atom. The summed E-state index contributed by atoms with van der Waals surface area (Å²) < 4.78 is 5.63. The molecule has 0 radical (unpaired) electrons. The lowest BCUT2D eigenvalue weighted by Crippen LogP contribution is -2.28. The van der Waals surface area contributed by atoms with Gasteiger partial charge >= 0.3 is 0 Å². The van der Waals surface area contributed by atoms with Crippen LogP contribution in [-0.4, -0.2) is 22.9 Å². The molecule has 148 valence electrons. The highest BCUT2D eigenvalue weighted by molar-refractivity contribution is 5.98. The number of rotatable bonds is 8. The number of hydrogen-bond donors (Lipinski definition) is 2. The maximum Gasteiger partial charge on any atom is 0.253 e. The van der Waals surface area contributed by atoms with Gasteiger partial charge in [0, 0.05) is 17.4 Å². The normalized spacial score (nSPS) is 11.5. The molecule has 1 aromatic heterocycles. The van der Waals surface area contributed by atoms with Crippen LogP contribution in [0.2, 0.25) is 0 Å². The quantitative estimate of drug-likeness (QED) is 0.617. The van der Waals surface area contributed by atoms with Gasteiger partial charge in [-0.25, -0.2) is 0 Å². The lowest BCUT2D eigenvalue weighted by Gasteiger charge is -2.14. The van der Waals surface area contributed by atoms with Crippen molar-refractivity contribution in [2.45, 2.75) is 26.2 Å². The van der Waals surface area contributed by atoms with E-state index in [-0.39, 0.29) is 11.8 Å². The molecule has 2 amide bonds. The van der Waals surface area contributed by atoms with E-state index < -0.39 is 6.10 Å². The molecule has 0 saturated carbocycles. The molecule has 0 aliphatic carbocycles. The molecule has 0 aliphatic heterocycles. The van der Waals surface area contributed by atoms with Crippen molar-refractivity contribution in [3.63, 3.8) is 0 Å². The Morgan fingerprint density at radius 1 is 1.00 bits per heavy atom. The van der Waals surface area contributed by atoms with Gasteiger partial charge in [0.05, 0.1) is 18.8 Å². The summed E-state index contributed by atoms with van der Waals surface area (Å²) in [5, 5.41) is 5.61. The third-order valence-corrected chi connectivity index (χ3v) is 4.26. The first kappa shape index (κ1) is 20.2. The zero-order valence-electron chi connectivity index (χ0n) is 16.2. The summed E-state index contributed by atoms with van der Waals surface area (Å²) >= 11 is 0. The van der Waals surface area contributed by atoms with Crippen molar-refractivity contribution >= 4 is 17.5 Å². The molecule has 0 aliphatic rings. The summed E-state index contributed by atoms with van der Waals surface area (Å²) in [7, 11) is 0. The van der Waals surface area contributed by atoms with Gasteiger partial charge in [0.25, 0.3) is 11.8 Å². The largest absolute Gasteiger partial charge is 0.364 e. The number of aromatic nitrogens is 1. The molecule has 6 heteroatoms. The fourth-order valence-corrected chi connectivity index (χ4v) is 2.63. The number of nitrogens with zero attached hydrogens (tertiary/aromatic N) is 1. The summed E-state index contributed by atoms with van der Waals surface area (Å²) in [5.74, 6) is -0.507. The van der Waals surface area contributed by atoms with Gasteiger partial charge in [-0.1, -0.05) is 42.5 Å². The van der Waals surface area contributed by atoms with Gasteiger partial charge in [-0.15, -0.1) is 0 Å². The van der Waals surface area contributed by atoms with Crippen molar-refractivity contribution < 1.29 is 14.3 Å². The Labute approximate surface area is 169 Å². The van der Waals surface area contributed by atoms with E-state index in [0.717, 1.165) is 11.3 Å². The molecular weight excluding hydrogens is 366 g/mol. The first-order valence-corrected chi connectivity index (χ1v) is 9.36. The number of amides is 2. The van der Waals surface area contributed by atoms with E-state index in [1.54, 1.807) is 37.4 Å². The molecule has 6 nitrogen and oxygen atoms in total. The first-order valence-electron chi connectivity index (χ1n) is 9.36. The minimum Gasteiger partial charge on any atom is -0.364 e. The van der Waals surface area contributed by atoms with Crippen LogP contribution in [0.25, 0.3) is 0 Å². The van der Waals surface area contributed by atoms with E-state index in [1.807, 2.05) is 48.5 Å². The van der Waals surface area contributed by atoms with Crippen LogP contribution in [0.1, 0.15) is 28.5 Å². The highest BCUT2D eigenvalue weighted by atomic mass is 16.5. The van der Waals surface area contributed by atoms with Crippen molar-refractivity contribution in [3.8, 4) is 0 Å². The molecule has 1 heterocycles. The molecule has 3 aromatic rings. The van der Waals surface area contributed by atoms with Crippen LogP contribution in [0.4, 0.5) is 5.69 Å². The van der Waals surface area contributed by atoms with Gasteiger partial charge in [-0.05, 0) is 42.8 Å². The molecule has 29 heavy (non-hydrogen) atoms. The second-order valence-electron chi connectivity index (χ2n) is 6.51. The van der Waals surface area contributed by atoms with Crippen LogP contribution in [-0.2, 0) is 22.7 Å². The Morgan fingerprint density at radius 2 is 1.79 bits per heavy atom. The fourth-order valence-electron chi connectivity index (χ4n) is 2.63. The van der Waals surface area contributed by atoms with Gasteiger partial charge in [0.2, 0.25) is 0 Å². The zero-order chi connectivity index (χ0) is 20.5. The summed E-state index contributed by atoms with van der Waals surface area (Å²) in [5.41, 5.74) is 2.76. The van der Waals surface area contributed by atoms with Crippen LogP contribution in [0.3, 0.4) is 0 Å². The molecule has 0 bridgehead atoms. The molecule has 0 spiro atoms. The second-order valence-corrected chi connectivity index (χ2v) is 6.51. The van der Waals surface area contributed by atoms with Gasteiger partial charge in [0.15, 0.2) is 0 Å². The second kappa shape index (κ2) is 10.1. The molecule has 1 unspecified atom stereocenters. The van der Waals surface area contributed by atoms with E-state index in [0.29, 0.717) is 24.4 Å². The average Bonchev–Trinajstić information content (AvgIpc) is 2.77. The van der Waals surface area contributed by atoms with Crippen LogP contribution in [0.5, 0.6) is 0 Å². The van der Waals surface area contributed by atoms with E-state index >= 15 is 0 Å². The Bertz CT molecular complexity index is 946. The van der Waals surface area contributed by atoms with Crippen LogP contribution in [0, 0.1) is 0 Å². The number of ether oxygens (including phenoxy) is 1. The lowest BCUT2D eigenvalue weighted by molar-refractivity contribution is -0.127. The number of hydrogen-bond acceptors (Lipinski definition) is 4. The van der Waals surface area contributed by atoms with Crippen LogP contribution in [0.15, 0.2) is 79.0 Å². The maximum atomic E-state index is 12.4. The smallest absolute Gasteiger partial charge is 0.253 e. The van der Waals surface area contributed by atoms with E-state index in [4.69, 9.17) is 4.74 Å². The summed E-state index contributed by atoms with van der Waals surface area (Å²) in [6.07, 6.45) is 1.05. The van der Waals surface area contributed by atoms with E-state index in [2.05, 4.69) is 15.6 Å². The van der Waals surface area contributed by atoms with Gasteiger partial charge < -0.3 is 15.4 Å². The minimum absolute atomic E-state index is 0.236. The summed E-state index contributed by atoms with van der Waals surface area (Å²) in [6.45, 7) is 2.38. The number of nitrogens with one attached hydrogen (secondary N) is 2. The van der Waals surface area contributed by atoms with Gasteiger partial charge in [-0.3, -0.25) is 14.6 Å². The highest BCUT2D eigenvalue weighted by Gasteiger charge is 2.14. The zero-order valence-corrected chi connectivity index (χ0v) is 16.2. The standard InChI is InChI=1S/C23H23N3O3/c1-17(29-16-18-8-3-2-4-9-18)22(27)26-20-12-7-10-19(14-20)23(28)25-15-21-11-5-6-13-24-21/h2-14,17H,15-16H2,1H3,(H,25,28)(H,26,27). The molecule has 0 saturated heterocycles. The third-order valence-electron chi connectivity index (χ3n) is 4.26. The molecule has 2 N–H and O–H groups in total. The molecule has 0 fully saturated rings.